The van der Waals surface area contributed by atoms with Gasteiger partial charge in [0.15, 0.2) is 0 Å². The second-order valence-electron chi connectivity index (χ2n) is 5.60. The first-order valence-electron chi connectivity index (χ1n) is 7.98. The zero-order valence-corrected chi connectivity index (χ0v) is 15.2. The van der Waals surface area contributed by atoms with E-state index in [1.54, 1.807) is 10.9 Å². The van der Waals surface area contributed by atoms with E-state index in [9.17, 15) is 4.79 Å². The Balaban J connectivity index is 1.76. The van der Waals surface area contributed by atoms with Crippen molar-refractivity contribution in [3.63, 3.8) is 0 Å². The van der Waals surface area contributed by atoms with Gasteiger partial charge in [0.25, 0.3) is 5.91 Å². The average Bonchev–Trinajstić information content (AvgIpc) is 3.30. The number of anilines is 1. The third kappa shape index (κ3) is 3.40. The zero-order chi connectivity index (χ0) is 17.9. The Kier molecular flexibility index (Phi) is 4.56. The fourth-order valence-electron chi connectivity index (χ4n) is 2.60. The number of nitrogens with zero attached hydrogens (tertiary/aromatic N) is 2. The number of thiophene rings is 1. The summed E-state index contributed by atoms with van der Waals surface area (Å²) < 4.78 is 2.37. The van der Waals surface area contributed by atoms with Crippen molar-refractivity contribution in [3.8, 4) is 16.3 Å². The first kappa shape index (κ1) is 16.6. The van der Waals surface area contributed by atoms with E-state index < -0.39 is 0 Å². The van der Waals surface area contributed by atoms with Gasteiger partial charge < -0.3 is 5.32 Å². The van der Waals surface area contributed by atoms with Crippen molar-refractivity contribution in [2.45, 2.75) is 0 Å². The van der Waals surface area contributed by atoms with Gasteiger partial charge >= 0.3 is 0 Å². The summed E-state index contributed by atoms with van der Waals surface area (Å²) in [5, 5.41) is 7.55. The summed E-state index contributed by atoms with van der Waals surface area (Å²) in [6.07, 6.45) is 1.75. The van der Waals surface area contributed by atoms with Crippen LogP contribution in [0.1, 0.15) is 10.4 Å². The SMILES string of the molecule is O=C(Nc1ccccc1)c1cn(-c2ccccc2)nc1-c1ccc(Cl)s1. The van der Waals surface area contributed by atoms with Gasteiger partial charge in [0.2, 0.25) is 0 Å². The van der Waals surface area contributed by atoms with E-state index in [0.717, 1.165) is 16.3 Å². The molecule has 1 N–H and O–H groups in total. The molecule has 0 unspecified atom stereocenters. The predicted octanol–water partition coefficient (Wildman–Crippen LogP) is 5.51. The van der Waals surface area contributed by atoms with Crippen molar-refractivity contribution in [1.29, 1.82) is 0 Å². The summed E-state index contributed by atoms with van der Waals surface area (Å²) in [5.74, 6) is -0.210. The molecule has 4 rings (SSSR count). The second-order valence-corrected chi connectivity index (χ2v) is 7.31. The number of aromatic nitrogens is 2. The molecule has 0 saturated carbocycles. The minimum Gasteiger partial charge on any atom is -0.322 e. The molecule has 4 aromatic rings. The van der Waals surface area contributed by atoms with Crippen LogP contribution in [0.25, 0.3) is 16.3 Å². The molecule has 0 aliphatic rings. The van der Waals surface area contributed by atoms with E-state index in [2.05, 4.69) is 10.4 Å². The van der Waals surface area contributed by atoms with Crippen LogP contribution in [0.3, 0.4) is 0 Å². The number of rotatable bonds is 4. The van der Waals surface area contributed by atoms with Crippen LogP contribution >= 0.6 is 22.9 Å². The number of para-hydroxylation sites is 2. The van der Waals surface area contributed by atoms with Crippen LogP contribution < -0.4 is 5.32 Å². The standard InChI is InChI=1S/C20H14ClN3OS/c21-18-12-11-17(26-18)19-16(20(25)22-14-7-3-1-4-8-14)13-24(23-19)15-9-5-2-6-10-15/h1-13H,(H,22,25). The largest absolute Gasteiger partial charge is 0.322 e. The Morgan fingerprint density at radius 3 is 2.31 bits per heavy atom. The molecule has 6 heteroatoms. The van der Waals surface area contributed by atoms with Crippen LogP contribution in [-0.4, -0.2) is 15.7 Å². The van der Waals surface area contributed by atoms with E-state index in [1.807, 2.05) is 72.8 Å². The monoisotopic (exact) mass is 379 g/mol. The Hall–Kier alpha value is -2.89. The van der Waals surface area contributed by atoms with Gasteiger partial charge in [0.1, 0.15) is 5.69 Å². The van der Waals surface area contributed by atoms with Crippen LogP contribution in [0.2, 0.25) is 4.34 Å². The molecule has 2 heterocycles. The van der Waals surface area contributed by atoms with E-state index in [0.29, 0.717) is 15.6 Å². The first-order valence-corrected chi connectivity index (χ1v) is 9.17. The maximum absolute atomic E-state index is 12.9. The normalized spacial score (nSPS) is 10.7. The van der Waals surface area contributed by atoms with Gasteiger partial charge in [-0.15, -0.1) is 11.3 Å². The van der Waals surface area contributed by atoms with Gasteiger partial charge in [-0.1, -0.05) is 48.0 Å². The van der Waals surface area contributed by atoms with Gasteiger partial charge in [-0.05, 0) is 36.4 Å². The topological polar surface area (TPSA) is 46.9 Å². The van der Waals surface area contributed by atoms with Crippen molar-refractivity contribution in [2.24, 2.45) is 0 Å². The van der Waals surface area contributed by atoms with Crippen LogP contribution in [-0.2, 0) is 0 Å². The molecule has 0 radical (unpaired) electrons. The highest BCUT2D eigenvalue weighted by Gasteiger charge is 2.20. The number of carbonyl (C=O) groups excluding carboxylic acids is 1. The highest BCUT2D eigenvalue weighted by atomic mass is 35.5. The molecule has 2 aromatic carbocycles. The summed E-state index contributed by atoms with van der Waals surface area (Å²) in [6, 6.07) is 22.7. The van der Waals surface area contributed by atoms with Gasteiger partial charge in [0, 0.05) is 11.9 Å². The van der Waals surface area contributed by atoms with E-state index >= 15 is 0 Å². The van der Waals surface area contributed by atoms with E-state index in [-0.39, 0.29) is 5.91 Å². The lowest BCUT2D eigenvalue weighted by Gasteiger charge is -2.04. The van der Waals surface area contributed by atoms with Crippen LogP contribution in [0.4, 0.5) is 5.69 Å². The lowest BCUT2D eigenvalue weighted by atomic mass is 10.2. The molecular weight excluding hydrogens is 366 g/mol. The first-order chi connectivity index (χ1) is 12.7. The van der Waals surface area contributed by atoms with Gasteiger partial charge in [0.05, 0.1) is 20.5 Å². The summed E-state index contributed by atoms with van der Waals surface area (Å²) in [4.78, 5) is 13.7. The molecule has 0 saturated heterocycles. The molecular formula is C20H14ClN3OS. The number of carbonyl (C=O) groups is 1. The Morgan fingerprint density at radius 2 is 1.65 bits per heavy atom. The fraction of sp³-hybridized carbons (Fsp3) is 0. The highest BCUT2D eigenvalue weighted by molar-refractivity contribution is 7.19. The van der Waals surface area contributed by atoms with Crippen molar-refractivity contribution >= 4 is 34.5 Å². The number of benzene rings is 2. The van der Waals surface area contributed by atoms with E-state index in [1.165, 1.54) is 11.3 Å². The number of nitrogens with one attached hydrogen (secondary N) is 1. The molecule has 0 atom stereocenters. The summed E-state index contributed by atoms with van der Waals surface area (Å²) in [7, 11) is 0. The molecule has 1 amide bonds. The smallest absolute Gasteiger partial charge is 0.259 e. The van der Waals surface area contributed by atoms with Gasteiger partial charge in [-0.25, -0.2) is 4.68 Å². The Morgan fingerprint density at radius 1 is 0.962 bits per heavy atom. The van der Waals surface area contributed by atoms with Gasteiger partial charge in [-0.2, -0.15) is 5.10 Å². The minimum absolute atomic E-state index is 0.210. The number of halogens is 1. The average molecular weight is 380 g/mol. The van der Waals surface area contributed by atoms with Crippen molar-refractivity contribution in [3.05, 3.63) is 88.9 Å². The zero-order valence-electron chi connectivity index (χ0n) is 13.6. The molecule has 26 heavy (non-hydrogen) atoms. The second kappa shape index (κ2) is 7.15. The molecule has 2 aromatic heterocycles. The molecule has 0 aliphatic heterocycles. The summed E-state index contributed by atoms with van der Waals surface area (Å²) in [5.41, 5.74) is 2.73. The predicted molar refractivity (Wildman–Crippen MR) is 106 cm³/mol. The number of amides is 1. The third-order valence-electron chi connectivity index (χ3n) is 3.82. The molecule has 0 bridgehead atoms. The van der Waals surface area contributed by atoms with E-state index in [4.69, 9.17) is 11.6 Å². The minimum atomic E-state index is -0.210. The molecule has 0 spiro atoms. The quantitative estimate of drug-likeness (QED) is 0.508. The fourth-order valence-corrected chi connectivity index (χ4v) is 3.64. The van der Waals surface area contributed by atoms with Crippen molar-refractivity contribution in [2.75, 3.05) is 5.32 Å². The van der Waals surface area contributed by atoms with Crippen molar-refractivity contribution < 1.29 is 4.79 Å². The summed E-state index contributed by atoms with van der Waals surface area (Å²) >= 11 is 7.48. The van der Waals surface area contributed by atoms with Crippen LogP contribution in [0.5, 0.6) is 0 Å². The maximum Gasteiger partial charge on any atom is 0.259 e. The Labute approximate surface area is 159 Å². The van der Waals surface area contributed by atoms with Crippen LogP contribution in [0, 0.1) is 0 Å². The Bertz CT molecular complexity index is 1040. The molecule has 128 valence electrons. The molecule has 0 aliphatic carbocycles. The number of hydrogen-bond acceptors (Lipinski definition) is 3. The molecule has 4 nitrogen and oxygen atoms in total. The summed E-state index contributed by atoms with van der Waals surface area (Å²) in [6.45, 7) is 0. The lowest BCUT2D eigenvalue weighted by molar-refractivity contribution is 0.102. The lowest BCUT2D eigenvalue weighted by Crippen LogP contribution is -2.12. The highest BCUT2D eigenvalue weighted by Crippen LogP contribution is 2.33. The van der Waals surface area contributed by atoms with Crippen LogP contribution in [0.15, 0.2) is 79.0 Å². The maximum atomic E-state index is 12.9. The number of hydrogen-bond donors (Lipinski definition) is 1. The molecule has 0 fully saturated rings. The third-order valence-corrected chi connectivity index (χ3v) is 5.06. The van der Waals surface area contributed by atoms with Gasteiger partial charge in [-0.3, -0.25) is 4.79 Å². The van der Waals surface area contributed by atoms with Crippen molar-refractivity contribution in [1.82, 2.24) is 9.78 Å².